The molecular weight excluding hydrogens is 479 g/mol. The maximum absolute atomic E-state index is 14.4. The number of anilines is 1. The summed E-state index contributed by atoms with van der Waals surface area (Å²) in [6.45, 7) is 0.960. The zero-order valence-corrected chi connectivity index (χ0v) is 19.4. The van der Waals surface area contributed by atoms with E-state index in [0.29, 0.717) is 36.8 Å². The van der Waals surface area contributed by atoms with Gasteiger partial charge in [0.05, 0.1) is 5.56 Å². The number of carbonyl (C=O) groups is 1. The lowest BCUT2D eigenvalue weighted by Gasteiger charge is -2.23. The van der Waals surface area contributed by atoms with Crippen molar-refractivity contribution in [2.45, 2.75) is 25.4 Å². The summed E-state index contributed by atoms with van der Waals surface area (Å²) >= 11 is 1.07. The van der Waals surface area contributed by atoms with Gasteiger partial charge in [0.1, 0.15) is 29.3 Å². The molecule has 3 heterocycles. The van der Waals surface area contributed by atoms with Crippen LogP contribution in [0, 0.1) is 17.5 Å². The van der Waals surface area contributed by atoms with Crippen molar-refractivity contribution in [3.63, 3.8) is 0 Å². The highest BCUT2D eigenvalue weighted by atomic mass is 32.1. The summed E-state index contributed by atoms with van der Waals surface area (Å²) in [6, 6.07) is 10.2. The molecule has 0 saturated carbocycles. The Morgan fingerprint density at radius 1 is 1.14 bits per heavy atom. The Morgan fingerprint density at radius 2 is 1.86 bits per heavy atom. The van der Waals surface area contributed by atoms with Crippen LogP contribution < -0.4 is 15.8 Å². The Kier molecular flexibility index (Phi) is 6.01. The molecule has 1 fully saturated rings. The highest BCUT2D eigenvalue weighted by Gasteiger charge is 2.33. The number of nitrogens with zero attached hydrogens (tertiary/aromatic N) is 4. The number of nitrogens with one attached hydrogen (secondary N) is 1. The standard InChI is InChI=1S/C24H20F3N5O2S/c1-31-20(18-15(26)10-14(25)11-16(18)27)30-22-19(23(31)34)29-24(35-22)32-9-5-8-17(32)21(33)28-12-13-6-3-2-4-7-13/h2-4,6-7,10-11,17H,5,8-9,12H2,1H3,(H,28,33). The first-order valence-electron chi connectivity index (χ1n) is 10.9. The zero-order valence-electron chi connectivity index (χ0n) is 18.6. The summed E-state index contributed by atoms with van der Waals surface area (Å²) in [4.78, 5) is 36.6. The lowest BCUT2D eigenvalue weighted by atomic mass is 10.1. The molecule has 1 unspecified atom stereocenters. The summed E-state index contributed by atoms with van der Waals surface area (Å²) in [5.41, 5.74) is -0.178. The van der Waals surface area contributed by atoms with Crippen molar-refractivity contribution in [2.24, 2.45) is 7.05 Å². The molecule has 0 radical (unpaired) electrons. The van der Waals surface area contributed by atoms with E-state index in [1.165, 1.54) is 7.05 Å². The molecule has 1 aliphatic rings. The van der Waals surface area contributed by atoms with E-state index in [4.69, 9.17) is 0 Å². The molecule has 1 N–H and O–H groups in total. The first-order valence-corrected chi connectivity index (χ1v) is 11.8. The number of carbonyl (C=O) groups excluding carboxylic acids is 1. The first kappa shape index (κ1) is 23.0. The third-order valence-electron chi connectivity index (χ3n) is 5.97. The third-order valence-corrected chi connectivity index (χ3v) is 6.96. The van der Waals surface area contributed by atoms with Crippen LogP contribution in [0.2, 0.25) is 0 Å². The smallest absolute Gasteiger partial charge is 0.281 e. The van der Waals surface area contributed by atoms with Crippen LogP contribution in [0.1, 0.15) is 18.4 Å². The summed E-state index contributed by atoms with van der Waals surface area (Å²) in [6.07, 6.45) is 1.39. The molecule has 7 nitrogen and oxygen atoms in total. The molecule has 2 aromatic carbocycles. The van der Waals surface area contributed by atoms with Crippen molar-refractivity contribution in [3.05, 3.63) is 75.8 Å². The van der Waals surface area contributed by atoms with Gasteiger partial charge in [-0.05, 0) is 18.4 Å². The van der Waals surface area contributed by atoms with Gasteiger partial charge >= 0.3 is 0 Å². The van der Waals surface area contributed by atoms with Gasteiger partial charge in [-0.1, -0.05) is 41.7 Å². The maximum Gasteiger partial charge on any atom is 0.281 e. The average Bonchev–Trinajstić information content (AvgIpc) is 3.48. The molecule has 1 amide bonds. The number of fused-ring (bicyclic) bond motifs is 1. The minimum atomic E-state index is -1.16. The Bertz CT molecular complexity index is 1470. The molecule has 4 aromatic rings. The summed E-state index contributed by atoms with van der Waals surface area (Å²) < 4.78 is 43.1. The zero-order chi connectivity index (χ0) is 24.7. The highest BCUT2D eigenvalue weighted by Crippen LogP contribution is 2.33. The predicted octanol–water partition coefficient (Wildman–Crippen LogP) is 3.76. The fourth-order valence-corrected chi connectivity index (χ4v) is 5.22. The molecule has 1 atom stereocenters. The van der Waals surface area contributed by atoms with E-state index in [-0.39, 0.29) is 22.1 Å². The number of hydrogen-bond acceptors (Lipinski definition) is 6. The van der Waals surface area contributed by atoms with Crippen molar-refractivity contribution < 1.29 is 18.0 Å². The van der Waals surface area contributed by atoms with E-state index >= 15 is 0 Å². The van der Waals surface area contributed by atoms with Crippen LogP contribution in [-0.2, 0) is 18.4 Å². The average molecular weight is 500 g/mol. The van der Waals surface area contributed by atoms with Gasteiger partial charge in [-0.3, -0.25) is 14.2 Å². The molecule has 35 heavy (non-hydrogen) atoms. The number of hydrogen-bond donors (Lipinski definition) is 1. The Hall–Kier alpha value is -3.73. The maximum atomic E-state index is 14.4. The molecule has 1 saturated heterocycles. The van der Waals surface area contributed by atoms with Gasteiger partial charge in [-0.2, -0.15) is 0 Å². The molecular formula is C24H20F3N5O2S. The second-order valence-electron chi connectivity index (χ2n) is 8.25. The minimum absolute atomic E-state index is 0.0366. The summed E-state index contributed by atoms with van der Waals surface area (Å²) in [7, 11) is 1.32. The van der Waals surface area contributed by atoms with Crippen molar-refractivity contribution >= 4 is 32.7 Å². The highest BCUT2D eigenvalue weighted by molar-refractivity contribution is 7.21. The van der Waals surface area contributed by atoms with Gasteiger partial charge in [0, 0.05) is 32.3 Å². The van der Waals surface area contributed by atoms with E-state index in [1.807, 2.05) is 35.2 Å². The van der Waals surface area contributed by atoms with Crippen LogP contribution in [0.15, 0.2) is 47.3 Å². The van der Waals surface area contributed by atoms with Gasteiger partial charge in [-0.25, -0.2) is 23.1 Å². The van der Waals surface area contributed by atoms with E-state index in [9.17, 15) is 22.8 Å². The molecule has 0 spiro atoms. The molecule has 11 heteroatoms. The third kappa shape index (κ3) is 4.27. The Balaban J connectivity index is 1.47. The summed E-state index contributed by atoms with van der Waals surface area (Å²) in [5, 5.41) is 3.37. The fourth-order valence-electron chi connectivity index (χ4n) is 4.22. The van der Waals surface area contributed by atoms with E-state index in [1.54, 1.807) is 0 Å². The topological polar surface area (TPSA) is 80.1 Å². The number of benzene rings is 2. The predicted molar refractivity (Wildman–Crippen MR) is 127 cm³/mol. The lowest BCUT2D eigenvalue weighted by molar-refractivity contribution is -0.122. The van der Waals surface area contributed by atoms with Crippen LogP contribution in [0.25, 0.3) is 21.7 Å². The molecule has 1 aliphatic heterocycles. The van der Waals surface area contributed by atoms with Crippen molar-refractivity contribution in [2.75, 3.05) is 11.4 Å². The first-order chi connectivity index (χ1) is 16.8. The fraction of sp³-hybridized carbons (Fsp3) is 0.250. The van der Waals surface area contributed by atoms with Crippen LogP contribution in [-0.4, -0.2) is 33.0 Å². The van der Waals surface area contributed by atoms with Crippen LogP contribution in [0.4, 0.5) is 18.3 Å². The monoisotopic (exact) mass is 499 g/mol. The van der Waals surface area contributed by atoms with Gasteiger partial charge in [0.25, 0.3) is 5.56 Å². The molecule has 180 valence electrons. The quantitative estimate of drug-likeness (QED) is 0.452. The van der Waals surface area contributed by atoms with Gasteiger partial charge in [0.2, 0.25) is 5.91 Å². The summed E-state index contributed by atoms with van der Waals surface area (Å²) in [5.74, 6) is -3.82. The normalized spacial score (nSPS) is 15.7. The molecule has 0 aliphatic carbocycles. The lowest BCUT2D eigenvalue weighted by Crippen LogP contribution is -2.43. The van der Waals surface area contributed by atoms with Crippen LogP contribution in [0.5, 0.6) is 0 Å². The molecule has 2 aromatic heterocycles. The number of halogens is 3. The number of thiazole rings is 1. The number of rotatable bonds is 5. The van der Waals surface area contributed by atoms with Crippen molar-refractivity contribution in [1.29, 1.82) is 0 Å². The molecule has 0 bridgehead atoms. The minimum Gasteiger partial charge on any atom is -0.350 e. The number of aromatic nitrogens is 3. The second-order valence-corrected chi connectivity index (χ2v) is 9.21. The van der Waals surface area contributed by atoms with E-state index < -0.39 is 34.6 Å². The number of amides is 1. The Morgan fingerprint density at radius 3 is 2.57 bits per heavy atom. The van der Waals surface area contributed by atoms with Gasteiger partial charge < -0.3 is 10.2 Å². The van der Waals surface area contributed by atoms with Gasteiger partial charge in [-0.15, -0.1) is 0 Å². The van der Waals surface area contributed by atoms with Crippen LogP contribution in [0.3, 0.4) is 0 Å². The Labute approximate surface area is 201 Å². The van der Waals surface area contributed by atoms with Crippen molar-refractivity contribution in [3.8, 4) is 11.4 Å². The molecule has 5 rings (SSSR count). The SMILES string of the molecule is Cn1c(-c2c(F)cc(F)cc2F)nc2sc(N3CCCC3C(=O)NCc3ccccc3)nc2c1=O. The largest absolute Gasteiger partial charge is 0.350 e. The van der Waals surface area contributed by atoms with E-state index in [0.717, 1.165) is 27.9 Å². The second kappa shape index (κ2) is 9.14. The van der Waals surface area contributed by atoms with E-state index in [2.05, 4.69) is 15.3 Å². The van der Waals surface area contributed by atoms with Crippen molar-refractivity contribution in [1.82, 2.24) is 19.9 Å². The van der Waals surface area contributed by atoms with Gasteiger partial charge in [0.15, 0.2) is 15.5 Å². The van der Waals surface area contributed by atoms with Crippen LogP contribution >= 0.6 is 11.3 Å².